The van der Waals surface area contributed by atoms with Crippen molar-refractivity contribution in [3.8, 4) is 0 Å². The molecule has 1 saturated heterocycles. The van der Waals surface area contributed by atoms with Crippen LogP contribution < -0.4 is 20.0 Å². The molecule has 160 valence electrons. The van der Waals surface area contributed by atoms with Gasteiger partial charge in [-0.25, -0.2) is 4.79 Å². The Bertz CT molecular complexity index is 866. The van der Waals surface area contributed by atoms with E-state index in [0.717, 1.165) is 41.2 Å². The normalized spacial score (nSPS) is 14.4. The predicted octanol–water partition coefficient (Wildman–Crippen LogP) is 4.46. The van der Waals surface area contributed by atoms with E-state index in [1.165, 1.54) is 5.69 Å². The van der Waals surface area contributed by atoms with Crippen LogP contribution in [0.5, 0.6) is 0 Å². The van der Waals surface area contributed by atoms with E-state index in [-0.39, 0.29) is 0 Å². The fraction of sp³-hybridized carbons (Fsp3) is 0.300. The lowest BCUT2D eigenvalue weighted by atomic mass is 10.2. The molecule has 2 N–H and O–H groups in total. The van der Waals surface area contributed by atoms with Crippen LogP contribution in [0.3, 0.4) is 0 Å². The van der Waals surface area contributed by atoms with Crippen LogP contribution in [0.25, 0.3) is 0 Å². The third-order valence-corrected chi connectivity index (χ3v) is 5.28. The van der Waals surface area contributed by atoms with Gasteiger partial charge in [-0.2, -0.15) is 13.2 Å². The summed E-state index contributed by atoms with van der Waals surface area (Å²) in [6.45, 7) is 1.90. The van der Waals surface area contributed by atoms with Gasteiger partial charge in [0.2, 0.25) is 0 Å². The molecule has 10 heteroatoms. The lowest BCUT2D eigenvalue weighted by molar-refractivity contribution is -0.122. The van der Waals surface area contributed by atoms with Crippen LogP contribution >= 0.6 is 15.9 Å². The lowest BCUT2D eigenvalue weighted by Crippen LogP contribution is -2.46. The quantitative estimate of drug-likeness (QED) is 0.487. The standard InChI is InChI=1S/C20H21BrF3N5O/c21-15-1-3-16(4-2-15)27-9-11-28(12-10-27)17-5-7-18(8-6-17)29(14-25)19(30)26-13-20(22,23)24/h1-8,14,25H,9-13H2,(H,26,30). The second-order valence-electron chi connectivity index (χ2n) is 6.74. The fourth-order valence-electron chi connectivity index (χ4n) is 3.21. The minimum absolute atomic E-state index is 0.321. The molecule has 0 radical (unpaired) electrons. The van der Waals surface area contributed by atoms with Gasteiger partial charge in [0, 0.05) is 42.0 Å². The molecule has 2 aromatic rings. The number of amides is 2. The minimum atomic E-state index is -4.51. The van der Waals surface area contributed by atoms with E-state index in [1.807, 2.05) is 12.1 Å². The molecule has 2 aromatic carbocycles. The van der Waals surface area contributed by atoms with Gasteiger partial charge < -0.3 is 15.1 Å². The Labute approximate surface area is 180 Å². The van der Waals surface area contributed by atoms with E-state index >= 15 is 0 Å². The van der Waals surface area contributed by atoms with E-state index in [9.17, 15) is 18.0 Å². The van der Waals surface area contributed by atoms with Crippen molar-refractivity contribution in [2.45, 2.75) is 6.18 Å². The van der Waals surface area contributed by atoms with Crippen LogP contribution in [0.2, 0.25) is 0 Å². The van der Waals surface area contributed by atoms with Gasteiger partial charge in [0.05, 0.1) is 12.0 Å². The van der Waals surface area contributed by atoms with Crippen molar-refractivity contribution >= 4 is 45.4 Å². The molecule has 0 spiro atoms. The van der Waals surface area contributed by atoms with Crippen LogP contribution in [-0.4, -0.2) is 51.3 Å². The number of halogens is 4. The molecule has 0 aliphatic carbocycles. The minimum Gasteiger partial charge on any atom is -0.368 e. The molecule has 1 fully saturated rings. The number of hydrogen-bond donors (Lipinski definition) is 2. The highest BCUT2D eigenvalue weighted by Gasteiger charge is 2.29. The molecule has 0 aromatic heterocycles. The molecule has 1 aliphatic heterocycles. The Hall–Kier alpha value is -2.75. The molecule has 30 heavy (non-hydrogen) atoms. The summed E-state index contributed by atoms with van der Waals surface area (Å²) in [6, 6.07) is 14.0. The van der Waals surface area contributed by atoms with E-state index in [1.54, 1.807) is 29.6 Å². The highest BCUT2D eigenvalue weighted by molar-refractivity contribution is 9.10. The van der Waals surface area contributed by atoms with Crippen LogP contribution in [0.4, 0.5) is 35.0 Å². The number of urea groups is 1. The molecule has 0 saturated carbocycles. The van der Waals surface area contributed by atoms with Crippen molar-refractivity contribution in [3.63, 3.8) is 0 Å². The van der Waals surface area contributed by atoms with E-state index in [0.29, 0.717) is 12.0 Å². The molecule has 0 bridgehead atoms. The lowest BCUT2D eigenvalue weighted by Gasteiger charge is -2.37. The van der Waals surface area contributed by atoms with Crippen LogP contribution in [0.1, 0.15) is 0 Å². The molecule has 0 unspecified atom stereocenters. The molecule has 3 rings (SSSR count). The van der Waals surface area contributed by atoms with Gasteiger partial charge in [-0.1, -0.05) is 15.9 Å². The first-order chi connectivity index (χ1) is 14.3. The van der Waals surface area contributed by atoms with Gasteiger partial charge >= 0.3 is 12.2 Å². The maximum atomic E-state index is 12.3. The van der Waals surface area contributed by atoms with E-state index < -0.39 is 18.8 Å². The summed E-state index contributed by atoms with van der Waals surface area (Å²) in [6.07, 6.45) is -3.82. The summed E-state index contributed by atoms with van der Waals surface area (Å²) in [4.78, 5) is 17.3. The number of anilines is 3. The summed E-state index contributed by atoms with van der Waals surface area (Å²) >= 11 is 3.44. The summed E-state index contributed by atoms with van der Waals surface area (Å²) in [5.74, 6) is 0. The fourth-order valence-corrected chi connectivity index (χ4v) is 3.47. The second kappa shape index (κ2) is 9.38. The Balaban J connectivity index is 1.59. The predicted molar refractivity (Wildman–Crippen MR) is 116 cm³/mol. The maximum absolute atomic E-state index is 12.3. The monoisotopic (exact) mass is 483 g/mol. The van der Waals surface area contributed by atoms with Gasteiger partial charge in [0.15, 0.2) is 0 Å². The first-order valence-corrected chi connectivity index (χ1v) is 10.1. The molecular formula is C20H21BrF3N5O. The van der Waals surface area contributed by atoms with Crippen molar-refractivity contribution in [2.75, 3.05) is 47.4 Å². The Morgan fingerprint density at radius 2 is 1.47 bits per heavy atom. The third-order valence-electron chi connectivity index (χ3n) is 4.75. The van der Waals surface area contributed by atoms with Gasteiger partial charge in [-0.15, -0.1) is 0 Å². The van der Waals surface area contributed by atoms with Gasteiger partial charge in [-0.3, -0.25) is 10.3 Å². The average molecular weight is 484 g/mol. The van der Waals surface area contributed by atoms with Crippen molar-refractivity contribution in [3.05, 3.63) is 53.0 Å². The van der Waals surface area contributed by atoms with Crippen LogP contribution in [-0.2, 0) is 0 Å². The van der Waals surface area contributed by atoms with Crippen molar-refractivity contribution in [2.24, 2.45) is 0 Å². The summed E-state index contributed by atoms with van der Waals surface area (Å²) < 4.78 is 37.9. The van der Waals surface area contributed by atoms with E-state index in [2.05, 4.69) is 37.9 Å². The number of nitrogens with zero attached hydrogens (tertiary/aromatic N) is 3. The number of nitrogens with one attached hydrogen (secondary N) is 2. The van der Waals surface area contributed by atoms with E-state index in [4.69, 9.17) is 5.41 Å². The first kappa shape index (κ1) is 21.9. The Morgan fingerprint density at radius 1 is 1.00 bits per heavy atom. The molecule has 0 atom stereocenters. The summed E-state index contributed by atoms with van der Waals surface area (Å²) in [5, 5.41) is 9.13. The third kappa shape index (κ3) is 5.65. The van der Waals surface area contributed by atoms with Crippen molar-refractivity contribution in [1.82, 2.24) is 5.32 Å². The Kier molecular flexibility index (Phi) is 6.86. The number of piperazine rings is 1. The maximum Gasteiger partial charge on any atom is 0.405 e. The topological polar surface area (TPSA) is 62.7 Å². The number of alkyl halides is 3. The van der Waals surface area contributed by atoms with Crippen molar-refractivity contribution < 1.29 is 18.0 Å². The first-order valence-electron chi connectivity index (χ1n) is 9.27. The number of benzene rings is 2. The molecule has 1 heterocycles. The van der Waals surface area contributed by atoms with Crippen LogP contribution in [0, 0.1) is 5.41 Å². The zero-order chi connectivity index (χ0) is 21.7. The highest BCUT2D eigenvalue weighted by Crippen LogP contribution is 2.24. The second-order valence-corrected chi connectivity index (χ2v) is 7.66. The number of rotatable bonds is 5. The van der Waals surface area contributed by atoms with Crippen molar-refractivity contribution in [1.29, 1.82) is 5.41 Å². The highest BCUT2D eigenvalue weighted by atomic mass is 79.9. The molecular weight excluding hydrogens is 463 g/mol. The summed E-state index contributed by atoms with van der Waals surface area (Å²) in [7, 11) is 0. The van der Waals surface area contributed by atoms with Gasteiger partial charge in [-0.05, 0) is 48.5 Å². The SMILES string of the molecule is N=CN(C(=O)NCC(F)(F)F)c1ccc(N2CCN(c3ccc(Br)cc3)CC2)cc1. The summed E-state index contributed by atoms with van der Waals surface area (Å²) in [5.41, 5.74) is 2.44. The Morgan fingerprint density at radius 3 is 1.90 bits per heavy atom. The largest absolute Gasteiger partial charge is 0.405 e. The smallest absolute Gasteiger partial charge is 0.368 e. The number of carbonyl (C=O) groups is 1. The molecule has 1 aliphatic rings. The zero-order valence-corrected chi connectivity index (χ0v) is 17.6. The number of carbonyl (C=O) groups excluding carboxylic acids is 1. The van der Waals surface area contributed by atoms with Crippen LogP contribution in [0.15, 0.2) is 53.0 Å². The van der Waals surface area contributed by atoms with Gasteiger partial charge in [0.1, 0.15) is 6.54 Å². The number of hydrogen-bond acceptors (Lipinski definition) is 4. The molecule has 6 nitrogen and oxygen atoms in total. The van der Waals surface area contributed by atoms with Gasteiger partial charge in [0.25, 0.3) is 0 Å². The average Bonchev–Trinajstić information content (AvgIpc) is 2.73. The molecule has 2 amide bonds. The zero-order valence-electron chi connectivity index (χ0n) is 16.0.